The molecular weight excluding hydrogens is 360 g/mol. The molecule has 0 radical (unpaired) electrons. The molecule has 0 bridgehead atoms. The highest BCUT2D eigenvalue weighted by atomic mass is 79.9. The number of quaternary nitrogens is 1. The van der Waals surface area contributed by atoms with E-state index in [1.807, 2.05) is 0 Å². The van der Waals surface area contributed by atoms with Crippen LogP contribution >= 0.6 is 0 Å². The minimum Gasteiger partial charge on any atom is -1.00 e. The number of nitriles is 1. The molecule has 0 fully saturated rings. The summed E-state index contributed by atoms with van der Waals surface area (Å²) >= 11 is 0. The van der Waals surface area contributed by atoms with Crippen LogP contribution in [0.3, 0.4) is 0 Å². The van der Waals surface area contributed by atoms with Gasteiger partial charge in [-0.2, -0.15) is 5.26 Å². The van der Waals surface area contributed by atoms with Gasteiger partial charge in [0.2, 0.25) is 0 Å². The summed E-state index contributed by atoms with van der Waals surface area (Å²) in [5.74, 6) is 0. The maximum Gasteiger partial charge on any atom is 0.0914 e. The molecule has 0 N–H and O–H groups in total. The molecule has 0 aliphatic rings. The Morgan fingerprint density at radius 1 is 0.625 bits per heavy atom. The van der Waals surface area contributed by atoms with Crippen molar-refractivity contribution < 1.29 is 21.5 Å². The van der Waals surface area contributed by atoms with E-state index in [1.54, 1.807) is 0 Å². The van der Waals surface area contributed by atoms with E-state index in [4.69, 9.17) is 5.26 Å². The maximum atomic E-state index is 8.66. The van der Waals surface area contributed by atoms with Crippen LogP contribution < -0.4 is 17.0 Å². The predicted molar refractivity (Wildman–Crippen MR) is 102 cm³/mol. The summed E-state index contributed by atoms with van der Waals surface area (Å²) in [6.07, 6.45) is 20.6. The predicted octanol–water partition coefficient (Wildman–Crippen LogP) is 3.46. The average molecular weight is 403 g/mol. The zero-order valence-electron chi connectivity index (χ0n) is 16.8. The van der Waals surface area contributed by atoms with Gasteiger partial charge in [0, 0.05) is 0 Å². The molecule has 0 saturated carbocycles. The van der Waals surface area contributed by atoms with Crippen molar-refractivity contribution in [1.82, 2.24) is 0 Å². The first-order chi connectivity index (χ1) is 11.1. The number of unbranched alkanes of at least 4 members (excludes halogenated alkanes) is 13. The highest BCUT2D eigenvalue weighted by Gasteiger charge is 2.13. The van der Waals surface area contributed by atoms with E-state index in [1.165, 1.54) is 96.4 Å². The van der Waals surface area contributed by atoms with Crippen LogP contribution in [0.5, 0.6) is 0 Å². The highest BCUT2D eigenvalue weighted by molar-refractivity contribution is 4.67. The second-order valence-electron chi connectivity index (χ2n) is 7.89. The van der Waals surface area contributed by atoms with Gasteiger partial charge in [-0.3, -0.25) is 0 Å². The van der Waals surface area contributed by atoms with E-state index >= 15 is 0 Å². The summed E-state index contributed by atoms with van der Waals surface area (Å²) in [7, 11) is 4.50. The molecule has 0 atom stereocenters. The monoisotopic (exact) mass is 402 g/mol. The second-order valence-corrected chi connectivity index (χ2v) is 7.89. The van der Waals surface area contributed by atoms with Crippen molar-refractivity contribution in [3.8, 4) is 6.07 Å². The van der Waals surface area contributed by atoms with Gasteiger partial charge in [-0.05, 0) is 12.8 Å². The second kappa shape index (κ2) is 19.3. The standard InChI is InChI=1S/C21H43N2.BrH/c1-4-5-6-7-8-9-10-11-12-13-14-15-16-17-20-23(2,3)21-18-19-22;/h4-18,20-21H2,1-3H3;1H/q+1;/p-1. The van der Waals surface area contributed by atoms with Crippen molar-refractivity contribution in [2.24, 2.45) is 0 Å². The number of nitrogens with zero attached hydrogens (tertiary/aromatic N) is 2. The Labute approximate surface area is 163 Å². The Kier molecular flexibility index (Phi) is 21.0. The summed E-state index contributed by atoms with van der Waals surface area (Å²) in [6, 6.07) is 2.26. The van der Waals surface area contributed by atoms with Crippen LogP contribution in [0.1, 0.15) is 103 Å². The number of hydrogen-bond donors (Lipinski definition) is 0. The van der Waals surface area contributed by atoms with E-state index in [2.05, 4.69) is 27.1 Å². The molecule has 0 aromatic carbocycles. The van der Waals surface area contributed by atoms with Gasteiger partial charge in [-0.25, -0.2) is 0 Å². The molecule has 2 nitrogen and oxygen atoms in total. The zero-order chi connectivity index (χ0) is 17.2. The van der Waals surface area contributed by atoms with Crippen LogP contribution in [-0.4, -0.2) is 31.7 Å². The van der Waals surface area contributed by atoms with Crippen LogP contribution in [-0.2, 0) is 0 Å². The third-order valence-corrected chi connectivity index (χ3v) is 4.95. The van der Waals surface area contributed by atoms with Gasteiger partial charge in [-0.15, -0.1) is 0 Å². The molecule has 144 valence electrons. The Hall–Kier alpha value is -0.0700. The van der Waals surface area contributed by atoms with Crippen molar-refractivity contribution in [3.63, 3.8) is 0 Å². The largest absolute Gasteiger partial charge is 1.00 e. The smallest absolute Gasteiger partial charge is 0.0914 e. The summed E-state index contributed by atoms with van der Waals surface area (Å²) in [6.45, 7) is 4.50. The Bertz CT molecular complexity index is 284. The fraction of sp³-hybridized carbons (Fsp3) is 0.952. The van der Waals surface area contributed by atoms with E-state index in [-0.39, 0.29) is 17.0 Å². The SMILES string of the molecule is CCCCCCCCCCCCCCCC[N+](C)(C)CCC#N.[Br-]. The van der Waals surface area contributed by atoms with Crippen LogP contribution in [0.2, 0.25) is 0 Å². The van der Waals surface area contributed by atoms with Gasteiger partial charge in [0.1, 0.15) is 0 Å². The van der Waals surface area contributed by atoms with Crippen LogP contribution in [0, 0.1) is 11.3 Å². The Morgan fingerprint density at radius 2 is 1.00 bits per heavy atom. The van der Waals surface area contributed by atoms with Crippen molar-refractivity contribution in [1.29, 1.82) is 5.26 Å². The van der Waals surface area contributed by atoms with Crippen LogP contribution in [0.4, 0.5) is 0 Å². The van der Waals surface area contributed by atoms with E-state index < -0.39 is 0 Å². The molecule has 0 amide bonds. The van der Waals surface area contributed by atoms with Crippen molar-refractivity contribution in [3.05, 3.63) is 0 Å². The number of hydrogen-bond acceptors (Lipinski definition) is 1. The average Bonchev–Trinajstić information content (AvgIpc) is 2.53. The number of rotatable bonds is 17. The molecule has 0 spiro atoms. The first kappa shape index (κ1) is 26.2. The van der Waals surface area contributed by atoms with Crippen molar-refractivity contribution in [2.75, 3.05) is 27.2 Å². The lowest BCUT2D eigenvalue weighted by atomic mass is 10.0. The summed E-state index contributed by atoms with van der Waals surface area (Å²) < 4.78 is 1.01. The topological polar surface area (TPSA) is 23.8 Å². The fourth-order valence-electron chi connectivity index (χ4n) is 3.20. The normalized spacial score (nSPS) is 11.1. The lowest BCUT2D eigenvalue weighted by molar-refractivity contribution is -0.890. The molecule has 0 aliphatic heterocycles. The van der Waals surface area contributed by atoms with Crippen LogP contribution in [0.25, 0.3) is 0 Å². The van der Waals surface area contributed by atoms with Gasteiger partial charge in [0.15, 0.2) is 0 Å². The van der Waals surface area contributed by atoms with Crippen molar-refractivity contribution >= 4 is 0 Å². The van der Waals surface area contributed by atoms with Gasteiger partial charge in [0.25, 0.3) is 0 Å². The third kappa shape index (κ3) is 20.0. The first-order valence-corrected chi connectivity index (χ1v) is 10.3. The highest BCUT2D eigenvalue weighted by Crippen LogP contribution is 2.13. The maximum absolute atomic E-state index is 8.66. The molecule has 0 aromatic rings. The molecule has 0 unspecified atom stereocenters. The minimum atomic E-state index is 0. The fourth-order valence-corrected chi connectivity index (χ4v) is 3.20. The molecule has 24 heavy (non-hydrogen) atoms. The Balaban J connectivity index is 0. The quantitative estimate of drug-likeness (QED) is 0.270. The summed E-state index contributed by atoms with van der Waals surface area (Å²) in [5.41, 5.74) is 0. The van der Waals surface area contributed by atoms with Gasteiger partial charge < -0.3 is 21.5 Å². The molecule has 0 aromatic heterocycles. The molecular formula is C21H43BrN2. The summed E-state index contributed by atoms with van der Waals surface area (Å²) in [4.78, 5) is 0. The lowest BCUT2D eigenvalue weighted by Crippen LogP contribution is -3.00. The Morgan fingerprint density at radius 3 is 1.38 bits per heavy atom. The van der Waals surface area contributed by atoms with E-state index in [0.29, 0.717) is 6.42 Å². The molecule has 0 heterocycles. The molecule has 3 heteroatoms. The number of halogens is 1. The summed E-state index contributed by atoms with van der Waals surface area (Å²) in [5, 5.41) is 8.66. The van der Waals surface area contributed by atoms with Crippen molar-refractivity contribution in [2.45, 2.75) is 103 Å². The van der Waals surface area contributed by atoms with Gasteiger partial charge >= 0.3 is 0 Å². The van der Waals surface area contributed by atoms with Gasteiger partial charge in [0.05, 0.1) is 39.7 Å². The molecule has 0 saturated heterocycles. The lowest BCUT2D eigenvalue weighted by Gasteiger charge is -2.28. The third-order valence-electron chi connectivity index (χ3n) is 4.95. The minimum absolute atomic E-state index is 0. The van der Waals surface area contributed by atoms with E-state index in [0.717, 1.165) is 11.0 Å². The zero-order valence-corrected chi connectivity index (χ0v) is 18.4. The van der Waals surface area contributed by atoms with Gasteiger partial charge in [-0.1, -0.05) is 84.0 Å². The molecule has 0 aliphatic carbocycles. The molecule has 0 rings (SSSR count). The van der Waals surface area contributed by atoms with Crippen LogP contribution in [0.15, 0.2) is 0 Å². The van der Waals surface area contributed by atoms with E-state index in [9.17, 15) is 0 Å². The first-order valence-electron chi connectivity index (χ1n) is 10.3.